The molecule has 2 atom stereocenters. The molecule has 0 aromatic heterocycles. The van der Waals surface area contributed by atoms with E-state index in [1.54, 1.807) is 42.5 Å². The van der Waals surface area contributed by atoms with Crippen molar-refractivity contribution in [2.45, 2.75) is 64.1 Å². The number of nitrogens with zero attached hydrogens (tertiary/aromatic N) is 2. The Labute approximate surface area is 240 Å². The quantitative estimate of drug-likeness (QED) is 0.285. The summed E-state index contributed by atoms with van der Waals surface area (Å²) in [4.78, 5) is 29.0. The van der Waals surface area contributed by atoms with Crippen molar-refractivity contribution in [1.82, 2.24) is 10.2 Å². The molecular weight excluding hydrogens is 578 g/mol. The Morgan fingerprint density at radius 1 is 0.897 bits per heavy atom. The van der Waals surface area contributed by atoms with Crippen molar-refractivity contribution in [2.24, 2.45) is 0 Å². The standard InChI is InChI=1S/C30H36BrN3O4S/c1-5-23(4)32-30(36)28(6-2)33(20-24-13-11-10-12-22(24)3)29(35)21-34(26-18-16-25(31)17-19-26)39(37,38)27-14-8-7-9-15-27/h7-19,23,28H,5-6,20-21H2,1-4H3,(H,32,36)/t23-,28+/m0/s1. The van der Waals surface area contributed by atoms with E-state index in [1.165, 1.54) is 17.0 Å². The van der Waals surface area contributed by atoms with Crippen LogP contribution in [-0.2, 0) is 26.2 Å². The number of aryl methyl sites for hydroxylation is 1. The Morgan fingerprint density at radius 2 is 1.51 bits per heavy atom. The highest BCUT2D eigenvalue weighted by molar-refractivity contribution is 9.10. The number of amides is 2. The number of sulfonamides is 1. The lowest BCUT2D eigenvalue weighted by Gasteiger charge is -2.34. The van der Waals surface area contributed by atoms with Crippen molar-refractivity contribution < 1.29 is 18.0 Å². The molecule has 0 aliphatic rings. The fraction of sp³-hybridized carbons (Fsp3) is 0.333. The van der Waals surface area contributed by atoms with Crippen LogP contribution in [-0.4, -0.2) is 43.8 Å². The predicted octanol–water partition coefficient (Wildman–Crippen LogP) is 5.67. The molecule has 3 aromatic rings. The molecule has 3 rings (SSSR count). The molecule has 0 saturated carbocycles. The van der Waals surface area contributed by atoms with Gasteiger partial charge in [-0.15, -0.1) is 0 Å². The second-order valence-corrected chi connectivity index (χ2v) is 12.3. The Kier molecular flexibility index (Phi) is 10.7. The Balaban J connectivity index is 2.05. The van der Waals surface area contributed by atoms with Crippen LogP contribution in [0.2, 0.25) is 0 Å². The van der Waals surface area contributed by atoms with Gasteiger partial charge in [0.2, 0.25) is 11.8 Å². The number of hydrogen-bond donors (Lipinski definition) is 1. The summed E-state index contributed by atoms with van der Waals surface area (Å²) in [6.45, 7) is 7.42. The van der Waals surface area contributed by atoms with Crippen LogP contribution in [0.15, 0.2) is 88.2 Å². The summed E-state index contributed by atoms with van der Waals surface area (Å²) >= 11 is 3.39. The number of nitrogens with one attached hydrogen (secondary N) is 1. The van der Waals surface area contributed by atoms with Gasteiger partial charge in [0.05, 0.1) is 10.6 Å². The maximum atomic E-state index is 14.1. The molecule has 0 heterocycles. The predicted molar refractivity (Wildman–Crippen MR) is 159 cm³/mol. The van der Waals surface area contributed by atoms with Crippen LogP contribution in [0.5, 0.6) is 0 Å². The third kappa shape index (κ3) is 7.70. The van der Waals surface area contributed by atoms with Crippen LogP contribution in [0.3, 0.4) is 0 Å². The van der Waals surface area contributed by atoms with Crippen LogP contribution in [0.1, 0.15) is 44.7 Å². The van der Waals surface area contributed by atoms with E-state index in [2.05, 4.69) is 21.2 Å². The van der Waals surface area contributed by atoms with Crippen molar-refractivity contribution >= 4 is 43.5 Å². The molecule has 0 saturated heterocycles. The highest BCUT2D eigenvalue weighted by Crippen LogP contribution is 2.26. The van der Waals surface area contributed by atoms with Crippen molar-refractivity contribution in [3.8, 4) is 0 Å². The SMILES string of the molecule is CC[C@H](C(=O)N[C@@H](C)CC)N(Cc1ccccc1C)C(=O)CN(c1ccc(Br)cc1)S(=O)(=O)c1ccccc1. The molecule has 3 aromatic carbocycles. The van der Waals surface area contributed by atoms with Gasteiger partial charge in [-0.2, -0.15) is 0 Å². The Morgan fingerprint density at radius 3 is 2.10 bits per heavy atom. The molecule has 208 valence electrons. The summed E-state index contributed by atoms with van der Waals surface area (Å²) in [6, 6.07) is 21.6. The topological polar surface area (TPSA) is 86.8 Å². The third-order valence-electron chi connectivity index (χ3n) is 6.71. The molecule has 1 N–H and O–H groups in total. The summed E-state index contributed by atoms with van der Waals surface area (Å²) in [6.07, 6.45) is 1.13. The Hall–Kier alpha value is -3.17. The first-order valence-electron chi connectivity index (χ1n) is 13.1. The minimum Gasteiger partial charge on any atom is -0.352 e. The van der Waals surface area contributed by atoms with Crippen LogP contribution >= 0.6 is 15.9 Å². The largest absolute Gasteiger partial charge is 0.352 e. The van der Waals surface area contributed by atoms with Gasteiger partial charge in [-0.1, -0.05) is 72.2 Å². The van der Waals surface area contributed by atoms with Crippen molar-refractivity contribution in [1.29, 1.82) is 0 Å². The van der Waals surface area contributed by atoms with E-state index in [4.69, 9.17) is 0 Å². The van der Waals surface area contributed by atoms with Crippen molar-refractivity contribution in [3.05, 3.63) is 94.5 Å². The molecule has 9 heteroatoms. The smallest absolute Gasteiger partial charge is 0.264 e. The lowest BCUT2D eigenvalue weighted by Crippen LogP contribution is -2.53. The van der Waals surface area contributed by atoms with Crippen LogP contribution in [0.25, 0.3) is 0 Å². The minimum absolute atomic E-state index is 0.0558. The van der Waals surface area contributed by atoms with Gasteiger partial charge in [0, 0.05) is 17.1 Å². The molecule has 39 heavy (non-hydrogen) atoms. The molecule has 7 nitrogen and oxygen atoms in total. The average Bonchev–Trinajstić information content (AvgIpc) is 2.93. The maximum absolute atomic E-state index is 14.1. The molecular formula is C30H36BrN3O4S. The second-order valence-electron chi connectivity index (χ2n) is 9.49. The Bertz CT molecular complexity index is 1360. The van der Waals surface area contributed by atoms with E-state index in [0.29, 0.717) is 12.1 Å². The molecule has 0 fully saturated rings. The summed E-state index contributed by atoms with van der Waals surface area (Å²) in [5.41, 5.74) is 2.22. The van der Waals surface area contributed by atoms with Gasteiger partial charge in [-0.25, -0.2) is 8.42 Å². The molecule has 0 spiro atoms. The van der Waals surface area contributed by atoms with Crippen LogP contribution in [0.4, 0.5) is 5.69 Å². The number of carbonyl (C=O) groups excluding carboxylic acids is 2. The number of hydrogen-bond acceptors (Lipinski definition) is 4. The second kappa shape index (κ2) is 13.8. The molecule has 0 radical (unpaired) electrons. The van der Waals surface area contributed by atoms with Gasteiger partial charge in [0.25, 0.3) is 10.0 Å². The first-order chi connectivity index (χ1) is 18.6. The minimum atomic E-state index is -4.08. The van der Waals surface area contributed by atoms with Gasteiger partial charge < -0.3 is 10.2 Å². The van der Waals surface area contributed by atoms with Gasteiger partial charge in [-0.05, 0) is 74.2 Å². The van der Waals surface area contributed by atoms with Gasteiger partial charge in [-0.3, -0.25) is 13.9 Å². The van der Waals surface area contributed by atoms with E-state index in [9.17, 15) is 18.0 Å². The van der Waals surface area contributed by atoms with E-state index in [-0.39, 0.29) is 23.4 Å². The fourth-order valence-corrected chi connectivity index (χ4v) is 5.89. The number of halogens is 1. The monoisotopic (exact) mass is 613 g/mol. The van der Waals surface area contributed by atoms with E-state index >= 15 is 0 Å². The van der Waals surface area contributed by atoms with E-state index in [0.717, 1.165) is 26.3 Å². The normalized spacial score (nSPS) is 12.8. The molecule has 0 bridgehead atoms. The molecule has 0 unspecified atom stereocenters. The van der Waals surface area contributed by atoms with E-state index in [1.807, 2.05) is 52.0 Å². The lowest BCUT2D eigenvalue weighted by atomic mass is 10.1. The van der Waals surface area contributed by atoms with Gasteiger partial charge in [0.1, 0.15) is 12.6 Å². The highest BCUT2D eigenvalue weighted by Gasteiger charge is 2.34. The molecule has 2 amide bonds. The summed E-state index contributed by atoms with van der Waals surface area (Å²) < 4.78 is 29.5. The number of rotatable bonds is 12. The van der Waals surface area contributed by atoms with Gasteiger partial charge >= 0.3 is 0 Å². The first kappa shape index (κ1) is 30.4. The summed E-state index contributed by atoms with van der Waals surface area (Å²) in [5, 5.41) is 2.99. The zero-order valence-corrected chi connectivity index (χ0v) is 25.2. The molecule has 0 aliphatic carbocycles. The van der Waals surface area contributed by atoms with E-state index < -0.39 is 28.5 Å². The average molecular weight is 615 g/mol. The van der Waals surface area contributed by atoms with Crippen molar-refractivity contribution in [2.75, 3.05) is 10.8 Å². The number of anilines is 1. The summed E-state index contributed by atoms with van der Waals surface area (Å²) in [7, 11) is -4.08. The summed E-state index contributed by atoms with van der Waals surface area (Å²) in [5.74, 6) is -0.721. The zero-order valence-electron chi connectivity index (χ0n) is 22.8. The van der Waals surface area contributed by atoms with Crippen molar-refractivity contribution in [3.63, 3.8) is 0 Å². The molecule has 0 aliphatic heterocycles. The number of benzene rings is 3. The van der Waals surface area contributed by atoms with Gasteiger partial charge in [0.15, 0.2) is 0 Å². The lowest BCUT2D eigenvalue weighted by molar-refractivity contribution is -0.140. The van der Waals surface area contributed by atoms with Crippen LogP contribution in [0, 0.1) is 6.92 Å². The maximum Gasteiger partial charge on any atom is 0.264 e. The first-order valence-corrected chi connectivity index (χ1v) is 15.3. The van der Waals surface area contributed by atoms with Crippen LogP contribution < -0.4 is 9.62 Å². The third-order valence-corrected chi connectivity index (χ3v) is 9.03. The zero-order chi connectivity index (χ0) is 28.6. The highest BCUT2D eigenvalue weighted by atomic mass is 79.9. The fourth-order valence-electron chi connectivity index (χ4n) is 4.19. The number of carbonyl (C=O) groups is 2.